The van der Waals surface area contributed by atoms with E-state index in [1.54, 1.807) is 17.8 Å². The van der Waals surface area contributed by atoms with E-state index in [-0.39, 0.29) is 5.69 Å². The Morgan fingerprint density at radius 2 is 2.19 bits per heavy atom. The highest BCUT2D eigenvalue weighted by molar-refractivity contribution is 9.10. The maximum Gasteiger partial charge on any atom is 0.356 e. The number of rotatable bonds is 4. The van der Waals surface area contributed by atoms with Gasteiger partial charge in [-0.15, -0.1) is 0 Å². The van der Waals surface area contributed by atoms with Crippen LogP contribution in [0, 0.1) is 0 Å². The molecule has 21 heavy (non-hydrogen) atoms. The molecule has 6 heteroatoms. The van der Waals surface area contributed by atoms with Gasteiger partial charge in [-0.1, -0.05) is 0 Å². The van der Waals surface area contributed by atoms with E-state index in [4.69, 9.17) is 9.84 Å². The van der Waals surface area contributed by atoms with Gasteiger partial charge in [0.1, 0.15) is 5.75 Å². The molecule has 0 unspecified atom stereocenters. The molecule has 1 aromatic carbocycles. The lowest BCUT2D eigenvalue weighted by atomic mass is 9.96. The predicted molar refractivity (Wildman–Crippen MR) is 81.6 cm³/mol. The Morgan fingerprint density at radius 1 is 1.43 bits per heavy atom. The number of carboxylic acid groups (broad SMARTS) is 1. The van der Waals surface area contributed by atoms with Gasteiger partial charge in [-0.3, -0.25) is 4.68 Å². The Labute approximate surface area is 130 Å². The van der Waals surface area contributed by atoms with Crippen LogP contribution >= 0.6 is 15.9 Å². The number of nitrogens with zero attached hydrogens (tertiary/aromatic N) is 2. The quantitative estimate of drug-likeness (QED) is 0.916. The van der Waals surface area contributed by atoms with E-state index in [2.05, 4.69) is 21.0 Å². The normalized spacial score (nSPS) is 14.8. The average Bonchev–Trinajstić information content (AvgIpc) is 2.77. The molecule has 3 rings (SSSR count). The molecule has 0 bridgehead atoms. The molecule has 5 nitrogen and oxygen atoms in total. The Bertz CT molecular complexity index is 692. The van der Waals surface area contributed by atoms with Crippen molar-refractivity contribution in [2.24, 2.45) is 7.05 Å². The number of halogens is 1. The lowest BCUT2D eigenvalue weighted by Crippen LogP contribution is -2.24. The summed E-state index contributed by atoms with van der Waals surface area (Å²) < 4.78 is 8.32. The number of hydrogen-bond donors (Lipinski definition) is 1. The van der Waals surface area contributed by atoms with E-state index in [0.717, 1.165) is 34.3 Å². The molecule has 110 valence electrons. The minimum absolute atomic E-state index is 0.0402. The van der Waals surface area contributed by atoms with Gasteiger partial charge in [-0.2, -0.15) is 5.10 Å². The summed E-state index contributed by atoms with van der Waals surface area (Å²) >= 11 is 3.52. The monoisotopic (exact) mass is 350 g/mol. The minimum atomic E-state index is -1.03. The average molecular weight is 351 g/mol. The molecular formula is C15H15BrN2O3. The highest BCUT2D eigenvalue weighted by Crippen LogP contribution is 2.34. The molecule has 2 aromatic rings. The van der Waals surface area contributed by atoms with E-state index in [0.29, 0.717) is 6.10 Å². The number of benzene rings is 1. The van der Waals surface area contributed by atoms with Crippen molar-refractivity contribution in [1.82, 2.24) is 9.78 Å². The summed E-state index contributed by atoms with van der Waals surface area (Å²) in [6.07, 6.45) is 3.77. The first-order valence-corrected chi connectivity index (χ1v) is 7.58. The number of aromatic nitrogens is 2. The van der Waals surface area contributed by atoms with Crippen LogP contribution < -0.4 is 4.74 Å². The molecule has 0 radical (unpaired) electrons. The molecule has 0 aliphatic heterocycles. The van der Waals surface area contributed by atoms with Crippen LogP contribution in [-0.4, -0.2) is 27.0 Å². The van der Waals surface area contributed by atoms with Gasteiger partial charge in [0.15, 0.2) is 5.69 Å². The fourth-order valence-corrected chi connectivity index (χ4v) is 2.74. The van der Waals surface area contributed by atoms with Crippen molar-refractivity contribution in [3.63, 3.8) is 0 Å². The third kappa shape index (κ3) is 2.81. The zero-order valence-corrected chi connectivity index (χ0v) is 13.1. The summed E-state index contributed by atoms with van der Waals surface area (Å²) in [5.74, 6) is -0.204. The van der Waals surface area contributed by atoms with Crippen molar-refractivity contribution < 1.29 is 14.6 Å². The Balaban J connectivity index is 1.88. The molecule has 0 atom stereocenters. The molecule has 1 fully saturated rings. The topological polar surface area (TPSA) is 64.4 Å². The molecule has 1 heterocycles. The molecule has 0 saturated heterocycles. The van der Waals surface area contributed by atoms with Crippen LogP contribution in [0.1, 0.15) is 29.8 Å². The third-order valence-electron chi connectivity index (χ3n) is 3.67. The molecule has 1 aromatic heterocycles. The minimum Gasteiger partial charge on any atom is -0.489 e. The Morgan fingerprint density at radius 3 is 2.71 bits per heavy atom. The first-order chi connectivity index (χ1) is 10.0. The largest absolute Gasteiger partial charge is 0.489 e. The molecule has 1 aliphatic rings. The summed E-state index contributed by atoms with van der Waals surface area (Å²) in [5, 5.41) is 13.0. The van der Waals surface area contributed by atoms with E-state index in [9.17, 15) is 4.79 Å². The lowest BCUT2D eigenvalue weighted by molar-refractivity contribution is 0.0689. The van der Waals surface area contributed by atoms with Gasteiger partial charge in [0.2, 0.25) is 0 Å². The number of carboxylic acids is 1. The fourth-order valence-electron chi connectivity index (χ4n) is 2.27. The van der Waals surface area contributed by atoms with Crippen LogP contribution in [0.3, 0.4) is 0 Å². The van der Waals surface area contributed by atoms with E-state index in [1.807, 2.05) is 18.2 Å². The van der Waals surface area contributed by atoms with Gasteiger partial charge < -0.3 is 9.84 Å². The summed E-state index contributed by atoms with van der Waals surface area (Å²) in [6.45, 7) is 0. The Hall–Kier alpha value is -1.82. The third-order valence-corrected chi connectivity index (χ3v) is 4.29. The van der Waals surface area contributed by atoms with Crippen LogP contribution in [0.15, 0.2) is 28.7 Å². The van der Waals surface area contributed by atoms with Crippen LogP contribution in [0.2, 0.25) is 0 Å². The molecule has 1 aliphatic carbocycles. The van der Waals surface area contributed by atoms with Crippen LogP contribution in [0.25, 0.3) is 11.3 Å². The van der Waals surface area contributed by atoms with Gasteiger partial charge in [0.05, 0.1) is 16.3 Å². The van der Waals surface area contributed by atoms with Gasteiger partial charge in [-0.25, -0.2) is 4.79 Å². The number of ether oxygens (including phenoxy) is 1. The van der Waals surface area contributed by atoms with Crippen molar-refractivity contribution >= 4 is 21.9 Å². The zero-order chi connectivity index (χ0) is 15.0. The Kier molecular flexibility index (Phi) is 3.71. The lowest BCUT2D eigenvalue weighted by Gasteiger charge is -2.27. The van der Waals surface area contributed by atoms with E-state index in [1.165, 1.54) is 6.42 Å². The molecule has 0 spiro atoms. The van der Waals surface area contributed by atoms with Crippen LogP contribution in [-0.2, 0) is 7.05 Å². The maximum absolute atomic E-state index is 11.0. The van der Waals surface area contributed by atoms with Gasteiger partial charge in [-0.05, 0) is 59.5 Å². The van der Waals surface area contributed by atoms with Gasteiger partial charge >= 0.3 is 5.97 Å². The number of aryl methyl sites for hydroxylation is 1. The highest BCUT2D eigenvalue weighted by atomic mass is 79.9. The second-order valence-corrected chi connectivity index (χ2v) is 6.01. The second kappa shape index (κ2) is 5.52. The van der Waals surface area contributed by atoms with Crippen molar-refractivity contribution in [3.8, 4) is 17.0 Å². The predicted octanol–water partition coefficient (Wildman–Crippen LogP) is 3.48. The second-order valence-electron chi connectivity index (χ2n) is 5.16. The number of carbonyl (C=O) groups is 1. The molecule has 1 N–H and O–H groups in total. The highest BCUT2D eigenvalue weighted by Gasteiger charge is 2.20. The van der Waals surface area contributed by atoms with Crippen LogP contribution in [0.4, 0.5) is 0 Å². The van der Waals surface area contributed by atoms with Crippen molar-refractivity contribution in [2.75, 3.05) is 0 Å². The maximum atomic E-state index is 11.0. The van der Waals surface area contributed by atoms with Crippen molar-refractivity contribution in [1.29, 1.82) is 0 Å². The molecular weight excluding hydrogens is 336 g/mol. The molecule has 1 saturated carbocycles. The zero-order valence-electron chi connectivity index (χ0n) is 11.5. The standard InChI is InChI=1S/C15H15BrN2O3/c1-18-13(8-12(17-18)15(19)20)9-5-6-14(11(16)7-9)21-10-3-2-4-10/h5-8,10H,2-4H2,1H3,(H,19,20). The molecule has 0 amide bonds. The van der Waals surface area contributed by atoms with Crippen molar-refractivity contribution in [3.05, 3.63) is 34.4 Å². The summed E-state index contributed by atoms with van der Waals surface area (Å²) in [4.78, 5) is 11.0. The number of aromatic carboxylic acids is 1. The van der Waals surface area contributed by atoms with E-state index < -0.39 is 5.97 Å². The van der Waals surface area contributed by atoms with Crippen molar-refractivity contribution in [2.45, 2.75) is 25.4 Å². The van der Waals surface area contributed by atoms with Gasteiger partial charge in [0.25, 0.3) is 0 Å². The summed E-state index contributed by atoms with van der Waals surface area (Å²) in [6, 6.07) is 7.32. The summed E-state index contributed by atoms with van der Waals surface area (Å²) in [5.41, 5.74) is 1.69. The fraction of sp³-hybridized carbons (Fsp3) is 0.333. The van der Waals surface area contributed by atoms with Crippen LogP contribution in [0.5, 0.6) is 5.75 Å². The summed E-state index contributed by atoms with van der Waals surface area (Å²) in [7, 11) is 1.73. The SMILES string of the molecule is Cn1nc(C(=O)O)cc1-c1ccc(OC2CCC2)c(Br)c1. The first kappa shape index (κ1) is 14.1. The first-order valence-electron chi connectivity index (χ1n) is 6.78. The van der Waals surface area contributed by atoms with E-state index >= 15 is 0 Å². The number of hydrogen-bond acceptors (Lipinski definition) is 3. The smallest absolute Gasteiger partial charge is 0.356 e. The van der Waals surface area contributed by atoms with Gasteiger partial charge in [0, 0.05) is 12.6 Å².